The van der Waals surface area contributed by atoms with Crippen LogP contribution in [-0.4, -0.2) is 41.7 Å². The Hall–Kier alpha value is -1.39. The predicted molar refractivity (Wildman–Crippen MR) is 87.6 cm³/mol. The summed E-state index contributed by atoms with van der Waals surface area (Å²) in [5.41, 5.74) is 3.11. The molecule has 0 heterocycles. The summed E-state index contributed by atoms with van der Waals surface area (Å²) in [5, 5.41) is 12.1. The first-order chi connectivity index (χ1) is 10.0. The number of amides is 1. The number of hydrogen-bond acceptors (Lipinski definition) is 3. The summed E-state index contributed by atoms with van der Waals surface area (Å²) in [6, 6.07) is 6.33. The van der Waals surface area contributed by atoms with Crippen molar-refractivity contribution in [2.24, 2.45) is 0 Å². The molecule has 0 aromatic heterocycles. The highest BCUT2D eigenvalue weighted by molar-refractivity contribution is 5.93. The molecule has 4 nitrogen and oxygen atoms in total. The molecule has 0 aliphatic rings. The van der Waals surface area contributed by atoms with Gasteiger partial charge in [-0.1, -0.05) is 31.5 Å². The molecule has 0 radical (unpaired) electrons. The molecule has 1 aromatic rings. The van der Waals surface area contributed by atoms with Crippen molar-refractivity contribution in [3.63, 3.8) is 0 Å². The molecule has 0 saturated heterocycles. The van der Waals surface area contributed by atoms with Crippen molar-refractivity contribution in [1.82, 2.24) is 4.90 Å². The van der Waals surface area contributed by atoms with Crippen LogP contribution >= 0.6 is 0 Å². The van der Waals surface area contributed by atoms with Crippen LogP contribution < -0.4 is 5.32 Å². The largest absolute Gasteiger partial charge is 0.395 e. The third kappa shape index (κ3) is 5.48. The summed E-state index contributed by atoms with van der Waals surface area (Å²) in [5.74, 6) is -0.0256. The van der Waals surface area contributed by atoms with Gasteiger partial charge in [0.15, 0.2) is 0 Å². The topological polar surface area (TPSA) is 52.6 Å². The summed E-state index contributed by atoms with van der Waals surface area (Å²) in [7, 11) is 0. The summed E-state index contributed by atoms with van der Waals surface area (Å²) < 4.78 is 0. The highest BCUT2D eigenvalue weighted by Gasteiger charge is 2.18. The lowest BCUT2D eigenvalue weighted by Gasteiger charge is -2.29. The molecule has 118 valence electrons. The number of carbonyl (C=O) groups is 1. The Morgan fingerprint density at radius 3 is 2.48 bits per heavy atom. The number of carbonyl (C=O) groups excluding carboxylic acids is 1. The summed E-state index contributed by atoms with van der Waals surface area (Å²) >= 11 is 0. The van der Waals surface area contributed by atoms with Gasteiger partial charge in [-0.25, -0.2) is 0 Å². The Bertz CT molecular complexity index is 456. The van der Waals surface area contributed by atoms with E-state index in [9.17, 15) is 9.90 Å². The SMILES string of the molecule is CCC(CC)N(CCO)CC(=O)Nc1ccc(C)cc1C. The number of nitrogens with zero attached hydrogens (tertiary/aromatic N) is 1. The Morgan fingerprint density at radius 1 is 1.29 bits per heavy atom. The monoisotopic (exact) mass is 292 g/mol. The van der Waals surface area contributed by atoms with E-state index in [-0.39, 0.29) is 12.5 Å². The number of rotatable bonds is 8. The fourth-order valence-electron chi connectivity index (χ4n) is 2.65. The van der Waals surface area contributed by atoms with Gasteiger partial charge in [-0.15, -0.1) is 0 Å². The number of aryl methyl sites for hydroxylation is 2. The summed E-state index contributed by atoms with van der Waals surface area (Å²) in [6.07, 6.45) is 1.96. The van der Waals surface area contributed by atoms with Gasteiger partial charge < -0.3 is 10.4 Å². The van der Waals surface area contributed by atoms with Crippen molar-refractivity contribution in [3.05, 3.63) is 29.3 Å². The molecule has 21 heavy (non-hydrogen) atoms. The Morgan fingerprint density at radius 2 is 1.95 bits per heavy atom. The quantitative estimate of drug-likeness (QED) is 0.774. The Kier molecular flexibility index (Phi) is 7.40. The number of hydrogen-bond donors (Lipinski definition) is 2. The lowest BCUT2D eigenvalue weighted by molar-refractivity contribution is -0.118. The van der Waals surface area contributed by atoms with Gasteiger partial charge >= 0.3 is 0 Å². The summed E-state index contributed by atoms with van der Waals surface area (Å²) in [6.45, 7) is 9.19. The molecule has 0 aliphatic carbocycles. The first-order valence-corrected chi connectivity index (χ1v) is 7.73. The second-order valence-corrected chi connectivity index (χ2v) is 5.53. The van der Waals surface area contributed by atoms with E-state index < -0.39 is 0 Å². The standard InChI is InChI=1S/C17H28N2O2/c1-5-15(6-2)19(9-10-20)12-17(21)18-16-8-7-13(3)11-14(16)4/h7-8,11,15,20H,5-6,9-10,12H2,1-4H3,(H,18,21). The van der Waals surface area contributed by atoms with Gasteiger partial charge in [0.25, 0.3) is 0 Å². The molecule has 2 N–H and O–H groups in total. The predicted octanol–water partition coefficient (Wildman–Crippen LogP) is 2.72. The summed E-state index contributed by atoms with van der Waals surface area (Å²) in [4.78, 5) is 14.3. The lowest BCUT2D eigenvalue weighted by Crippen LogP contribution is -2.42. The van der Waals surface area contributed by atoms with E-state index >= 15 is 0 Å². The van der Waals surface area contributed by atoms with Crippen molar-refractivity contribution >= 4 is 11.6 Å². The number of anilines is 1. The second kappa shape index (κ2) is 8.80. The zero-order valence-corrected chi connectivity index (χ0v) is 13.6. The fraction of sp³-hybridized carbons (Fsp3) is 0.588. The third-order valence-corrected chi connectivity index (χ3v) is 3.85. The molecule has 0 aliphatic heterocycles. The van der Waals surface area contributed by atoms with Crippen LogP contribution in [0.5, 0.6) is 0 Å². The minimum Gasteiger partial charge on any atom is -0.395 e. The van der Waals surface area contributed by atoms with Crippen LogP contribution in [0.4, 0.5) is 5.69 Å². The van der Waals surface area contributed by atoms with Crippen LogP contribution in [0.25, 0.3) is 0 Å². The Labute approximate surface area is 128 Å². The molecule has 4 heteroatoms. The number of nitrogens with one attached hydrogen (secondary N) is 1. The molecule has 0 atom stereocenters. The van der Waals surface area contributed by atoms with E-state index in [4.69, 9.17) is 0 Å². The molecule has 0 saturated carbocycles. The minimum absolute atomic E-state index is 0.0256. The zero-order valence-electron chi connectivity index (χ0n) is 13.6. The van der Waals surface area contributed by atoms with Crippen molar-refractivity contribution in [2.45, 2.75) is 46.6 Å². The average molecular weight is 292 g/mol. The van der Waals surface area contributed by atoms with Gasteiger partial charge in [0.05, 0.1) is 13.2 Å². The molecule has 1 amide bonds. The van der Waals surface area contributed by atoms with Gasteiger partial charge in [-0.2, -0.15) is 0 Å². The highest BCUT2D eigenvalue weighted by atomic mass is 16.3. The third-order valence-electron chi connectivity index (χ3n) is 3.85. The number of benzene rings is 1. The van der Waals surface area contributed by atoms with Crippen LogP contribution in [0.15, 0.2) is 18.2 Å². The number of aliphatic hydroxyl groups excluding tert-OH is 1. The fourth-order valence-corrected chi connectivity index (χ4v) is 2.65. The molecule has 1 aromatic carbocycles. The van der Waals surface area contributed by atoms with Crippen molar-refractivity contribution in [1.29, 1.82) is 0 Å². The van der Waals surface area contributed by atoms with Crippen LogP contribution in [0.3, 0.4) is 0 Å². The molecule has 0 spiro atoms. The van der Waals surface area contributed by atoms with Crippen LogP contribution in [-0.2, 0) is 4.79 Å². The maximum absolute atomic E-state index is 12.2. The number of aliphatic hydroxyl groups is 1. The second-order valence-electron chi connectivity index (χ2n) is 5.53. The minimum atomic E-state index is -0.0256. The van der Waals surface area contributed by atoms with Crippen molar-refractivity contribution in [2.75, 3.05) is 25.0 Å². The van der Waals surface area contributed by atoms with E-state index in [0.717, 1.165) is 24.1 Å². The van der Waals surface area contributed by atoms with Crippen LogP contribution in [0, 0.1) is 13.8 Å². The van der Waals surface area contributed by atoms with E-state index in [2.05, 4.69) is 30.1 Å². The molecule has 0 fully saturated rings. The van der Waals surface area contributed by atoms with E-state index in [1.54, 1.807) is 0 Å². The smallest absolute Gasteiger partial charge is 0.238 e. The molecular weight excluding hydrogens is 264 g/mol. The van der Waals surface area contributed by atoms with E-state index in [1.807, 2.05) is 26.0 Å². The first-order valence-electron chi connectivity index (χ1n) is 7.73. The van der Waals surface area contributed by atoms with Gasteiger partial charge in [0.1, 0.15) is 0 Å². The van der Waals surface area contributed by atoms with Gasteiger partial charge in [-0.05, 0) is 38.3 Å². The van der Waals surface area contributed by atoms with Crippen LogP contribution in [0.1, 0.15) is 37.8 Å². The lowest BCUT2D eigenvalue weighted by atomic mass is 10.1. The zero-order chi connectivity index (χ0) is 15.8. The van der Waals surface area contributed by atoms with Crippen molar-refractivity contribution < 1.29 is 9.90 Å². The molecule has 1 rings (SSSR count). The average Bonchev–Trinajstić information content (AvgIpc) is 2.43. The maximum Gasteiger partial charge on any atom is 0.238 e. The molecule has 0 unspecified atom stereocenters. The normalized spacial score (nSPS) is 11.2. The molecule has 0 bridgehead atoms. The Balaban J connectivity index is 2.69. The highest BCUT2D eigenvalue weighted by Crippen LogP contribution is 2.16. The van der Waals surface area contributed by atoms with Gasteiger partial charge in [0, 0.05) is 18.3 Å². The molecular formula is C17H28N2O2. The van der Waals surface area contributed by atoms with Gasteiger partial charge in [-0.3, -0.25) is 9.69 Å². The van der Waals surface area contributed by atoms with E-state index in [0.29, 0.717) is 19.1 Å². The first kappa shape index (κ1) is 17.7. The van der Waals surface area contributed by atoms with Gasteiger partial charge in [0.2, 0.25) is 5.91 Å². The maximum atomic E-state index is 12.2. The van der Waals surface area contributed by atoms with E-state index in [1.165, 1.54) is 5.56 Å². The van der Waals surface area contributed by atoms with Crippen molar-refractivity contribution in [3.8, 4) is 0 Å². The van der Waals surface area contributed by atoms with Crippen LogP contribution in [0.2, 0.25) is 0 Å².